The minimum Gasteiger partial charge on any atom is -0.382 e. The molecule has 1 aliphatic rings. The van der Waals surface area contributed by atoms with Crippen LogP contribution in [0, 0.1) is 0 Å². The van der Waals surface area contributed by atoms with Gasteiger partial charge in [0, 0.05) is 18.7 Å². The van der Waals surface area contributed by atoms with E-state index in [2.05, 4.69) is 5.32 Å². The first-order valence-electron chi connectivity index (χ1n) is 8.82. The Kier molecular flexibility index (Phi) is 7.06. The van der Waals surface area contributed by atoms with Gasteiger partial charge in [0.1, 0.15) is 0 Å². The Bertz CT molecular complexity index is 784. The van der Waals surface area contributed by atoms with E-state index in [4.69, 9.17) is 25.8 Å². The highest BCUT2D eigenvalue weighted by molar-refractivity contribution is 6.31. The third-order valence-corrected chi connectivity index (χ3v) is 4.42. The molecule has 1 N–H and O–H groups in total. The van der Waals surface area contributed by atoms with Gasteiger partial charge in [0.15, 0.2) is 0 Å². The maximum Gasteiger partial charge on any atom is 0.260 e. The maximum absolute atomic E-state index is 13.1. The number of benzene rings is 2. The van der Waals surface area contributed by atoms with Crippen LogP contribution in [0.2, 0.25) is 5.02 Å². The largest absolute Gasteiger partial charge is 0.382 e. The number of halogens is 1. The zero-order valence-corrected chi connectivity index (χ0v) is 16.0. The van der Waals surface area contributed by atoms with E-state index in [1.165, 1.54) is 0 Å². The normalized spacial score (nSPS) is 13.0. The molecule has 6 nitrogen and oxygen atoms in total. The lowest BCUT2D eigenvalue weighted by Crippen LogP contribution is -2.33. The summed E-state index contributed by atoms with van der Waals surface area (Å²) in [6, 6.07) is 12.9. The summed E-state index contributed by atoms with van der Waals surface area (Å²) in [4.78, 5) is 14.8. The van der Waals surface area contributed by atoms with Crippen LogP contribution in [0.3, 0.4) is 0 Å². The molecule has 0 spiro atoms. The third-order valence-electron chi connectivity index (χ3n) is 4.18. The van der Waals surface area contributed by atoms with Crippen LogP contribution in [0.1, 0.15) is 10.4 Å². The number of nitrogens with zero attached hydrogens (tertiary/aromatic N) is 1. The molecule has 1 amide bonds. The van der Waals surface area contributed by atoms with Gasteiger partial charge in [-0.2, -0.15) is 0 Å². The van der Waals surface area contributed by atoms with Crippen LogP contribution < -0.4 is 10.2 Å². The van der Waals surface area contributed by atoms with E-state index in [1.54, 1.807) is 30.2 Å². The summed E-state index contributed by atoms with van der Waals surface area (Å²) in [5.74, 6) is -0.0842. The first kappa shape index (κ1) is 19.6. The van der Waals surface area contributed by atoms with E-state index >= 15 is 0 Å². The predicted molar refractivity (Wildman–Crippen MR) is 106 cm³/mol. The molecule has 2 aromatic carbocycles. The monoisotopic (exact) mass is 390 g/mol. The van der Waals surface area contributed by atoms with E-state index in [1.807, 2.05) is 24.3 Å². The topological polar surface area (TPSA) is 60.0 Å². The van der Waals surface area contributed by atoms with Gasteiger partial charge in [0.25, 0.3) is 5.91 Å². The van der Waals surface area contributed by atoms with Gasteiger partial charge < -0.3 is 24.4 Å². The van der Waals surface area contributed by atoms with Gasteiger partial charge in [-0.15, -0.1) is 0 Å². The van der Waals surface area contributed by atoms with Gasteiger partial charge >= 0.3 is 0 Å². The van der Waals surface area contributed by atoms with Crippen LogP contribution in [-0.4, -0.2) is 52.6 Å². The molecular weight excluding hydrogens is 368 g/mol. The van der Waals surface area contributed by atoms with Gasteiger partial charge in [-0.05, 0) is 30.3 Å². The van der Waals surface area contributed by atoms with Crippen molar-refractivity contribution in [2.75, 3.05) is 56.9 Å². The highest BCUT2D eigenvalue weighted by Crippen LogP contribution is 2.36. The van der Waals surface area contributed by atoms with Crippen LogP contribution in [0.5, 0.6) is 0 Å². The Morgan fingerprint density at radius 2 is 1.70 bits per heavy atom. The molecule has 0 atom stereocenters. The molecule has 2 aromatic rings. The molecular formula is C20H23ClN2O4. The molecule has 1 heterocycles. The number of hydrogen-bond donors (Lipinski definition) is 1. The van der Waals surface area contributed by atoms with Gasteiger partial charge in [-0.3, -0.25) is 4.79 Å². The summed E-state index contributed by atoms with van der Waals surface area (Å²) in [6.07, 6.45) is 0. The van der Waals surface area contributed by atoms with E-state index < -0.39 is 0 Å². The number of carbonyl (C=O) groups excluding carboxylic acids is 1. The highest BCUT2D eigenvalue weighted by Gasteiger charge is 2.26. The van der Waals surface area contributed by atoms with Gasteiger partial charge in [-0.25, -0.2) is 0 Å². The van der Waals surface area contributed by atoms with Crippen molar-refractivity contribution >= 4 is 34.6 Å². The number of methoxy groups -OCH3 is 1. The molecule has 0 fully saturated rings. The number of amides is 1. The Morgan fingerprint density at radius 3 is 2.52 bits per heavy atom. The van der Waals surface area contributed by atoms with Gasteiger partial charge in [0.05, 0.1) is 55.7 Å². The van der Waals surface area contributed by atoms with Crippen molar-refractivity contribution in [2.24, 2.45) is 0 Å². The second-order valence-electron chi connectivity index (χ2n) is 6.01. The predicted octanol–water partition coefficient (Wildman–Crippen LogP) is 3.72. The molecule has 0 radical (unpaired) electrons. The Balaban J connectivity index is 1.66. The minimum absolute atomic E-state index is 0.0842. The number of hydrogen-bond acceptors (Lipinski definition) is 5. The minimum atomic E-state index is -0.0842. The van der Waals surface area contributed by atoms with Crippen molar-refractivity contribution in [3.8, 4) is 0 Å². The lowest BCUT2D eigenvalue weighted by molar-refractivity contribution is 0.0264. The molecule has 0 aromatic heterocycles. The lowest BCUT2D eigenvalue weighted by atomic mass is 10.1. The van der Waals surface area contributed by atoms with E-state index in [0.29, 0.717) is 55.9 Å². The van der Waals surface area contributed by atoms with Crippen molar-refractivity contribution in [1.29, 1.82) is 0 Å². The van der Waals surface area contributed by atoms with Gasteiger partial charge in [0.2, 0.25) is 0 Å². The number of carbonyl (C=O) groups is 1. The zero-order valence-electron chi connectivity index (χ0n) is 15.2. The molecule has 144 valence electrons. The van der Waals surface area contributed by atoms with Crippen molar-refractivity contribution in [1.82, 2.24) is 0 Å². The number of nitrogens with one attached hydrogen (secondary N) is 1. The van der Waals surface area contributed by atoms with Crippen LogP contribution in [0.25, 0.3) is 0 Å². The molecule has 27 heavy (non-hydrogen) atoms. The average molecular weight is 391 g/mol. The van der Waals surface area contributed by atoms with E-state index in [-0.39, 0.29) is 5.91 Å². The quantitative estimate of drug-likeness (QED) is 0.661. The van der Waals surface area contributed by atoms with E-state index in [0.717, 1.165) is 11.4 Å². The average Bonchev–Trinajstić information content (AvgIpc) is 2.78. The zero-order chi connectivity index (χ0) is 19.1. The van der Waals surface area contributed by atoms with E-state index in [9.17, 15) is 4.79 Å². The number of ether oxygens (including phenoxy) is 3. The van der Waals surface area contributed by atoms with Crippen molar-refractivity contribution in [2.45, 2.75) is 0 Å². The van der Waals surface area contributed by atoms with Crippen LogP contribution in [0.4, 0.5) is 17.1 Å². The summed E-state index contributed by atoms with van der Waals surface area (Å²) >= 11 is 6.10. The van der Waals surface area contributed by atoms with Gasteiger partial charge in [-0.1, -0.05) is 23.7 Å². The SMILES string of the molecule is COCCOCCOCCN1C(=O)c2ccc(Cl)cc2Nc2ccccc21. The summed E-state index contributed by atoms with van der Waals surface area (Å²) in [7, 11) is 1.64. The number of fused-ring (bicyclic) bond motifs is 2. The standard InChI is InChI=1S/C20H23ClN2O4/c1-25-10-11-27-13-12-26-9-8-23-19-5-3-2-4-17(19)22-18-14-15(21)6-7-16(18)20(23)24/h2-7,14,22H,8-13H2,1H3. The maximum atomic E-state index is 13.1. The highest BCUT2D eigenvalue weighted by atomic mass is 35.5. The fourth-order valence-corrected chi connectivity index (χ4v) is 3.04. The second-order valence-corrected chi connectivity index (χ2v) is 6.44. The summed E-state index contributed by atoms with van der Waals surface area (Å²) in [5.41, 5.74) is 2.96. The number of anilines is 3. The third kappa shape index (κ3) is 4.99. The summed E-state index contributed by atoms with van der Waals surface area (Å²) in [6.45, 7) is 2.93. The molecule has 0 saturated carbocycles. The molecule has 0 bridgehead atoms. The van der Waals surface area contributed by atoms with Crippen molar-refractivity contribution < 1.29 is 19.0 Å². The van der Waals surface area contributed by atoms with Crippen molar-refractivity contribution in [3.05, 3.63) is 53.1 Å². The number of rotatable bonds is 9. The fourth-order valence-electron chi connectivity index (χ4n) is 2.86. The van der Waals surface area contributed by atoms with Crippen LogP contribution in [-0.2, 0) is 14.2 Å². The second kappa shape index (κ2) is 9.71. The molecule has 7 heteroatoms. The molecule has 0 aliphatic carbocycles. The van der Waals surface area contributed by atoms with Crippen LogP contribution in [0.15, 0.2) is 42.5 Å². The Labute approximate surface area is 164 Å². The fraction of sp³-hybridized carbons (Fsp3) is 0.350. The molecule has 0 saturated heterocycles. The smallest absolute Gasteiger partial charge is 0.260 e. The first-order chi connectivity index (χ1) is 13.2. The Morgan fingerprint density at radius 1 is 0.963 bits per heavy atom. The van der Waals surface area contributed by atoms with Crippen LogP contribution >= 0.6 is 11.6 Å². The molecule has 0 unspecified atom stereocenters. The summed E-state index contributed by atoms with van der Waals surface area (Å²) < 4.78 is 15.9. The first-order valence-corrected chi connectivity index (χ1v) is 9.20. The Hall–Kier alpha value is -2.12. The van der Waals surface area contributed by atoms with Crippen molar-refractivity contribution in [3.63, 3.8) is 0 Å². The molecule has 1 aliphatic heterocycles. The lowest BCUT2D eigenvalue weighted by Gasteiger charge is -2.22. The molecule has 3 rings (SSSR count). The number of para-hydroxylation sites is 2. The summed E-state index contributed by atoms with van der Waals surface area (Å²) in [5, 5.41) is 3.90.